The van der Waals surface area contributed by atoms with E-state index in [1.807, 2.05) is 0 Å². The summed E-state index contributed by atoms with van der Waals surface area (Å²) in [5, 5.41) is 12.1. The fraction of sp³-hybridized carbons (Fsp3) is 0.545. The number of pyridine rings is 1. The molecule has 2 N–H and O–H groups in total. The van der Waals surface area contributed by atoms with E-state index >= 15 is 0 Å². The standard InChI is InChI=1S/C11H13F3N2O/c12-7-4-8(13)11(16-10(7)14)15-5-6-2-1-3-9(6)17/h4,6,9,17H,1-3,5H2,(H,15,16). The number of hydrogen-bond acceptors (Lipinski definition) is 3. The van der Waals surface area contributed by atoms with Crippen molar-refractivity contribution < 1.29 is 18.3 Å². The molecule has 0 amide bonds. The smallest absolute Gasteiger partial charge is 0.251 e. The maximum atomic E-state index is 13.2. The normalized spacial score (nSPS) is 24.0. The van der Waals surface area contributed by atoms with Gasteiger partial charge in [-0.25, -0.2) is 8.78 Å². The zero-order valence-corrected chi connectivity index (χ0v) is 9.09. The summed E-state index contributed by atoms with van der Waals surface area (Å²) in [7, 11) is 0. The average molecular weight is 246 g/mol. The molecule has 1 aromatic heterocycles. The van der Waals surface area contributed by atoms with Gasteiger partial charge in [-0.05, 0) is 12.8 Å². The Morgan fingerprint density at radius 3 is 2.71 bits per heavy atom. The van der Waals surface area contributed by atoms with Gasteiger partial charge in [0.25, 0.3) is 5.95 Å². The van der Waals surface area contributed by atoms with Crippen LogP contribution in [0, 0.1) is 23.5 Å². The van der Waals surface area contributed by atoms with Gasteiger partial charge in [0.2, 0.25) is 0 Å². The maximum Gasteiger partial charge on any atom is 0.251 e. The van der Waals surface area contributed by atoms with Crippen molar-refractivity contribution in [2.24, 2.45) is 5.92 Å². The van der Waals surface area contributed by atoms with Crippen LogP contribution in [0.1, 0.15) is 19.3 Å². The van der Waals surface area contributed by atoms with Crippen molar-refractivity contribution in [3.8, 4) is 0 Å². The molecule has 0 spiro atoms. The number of aromatic nitrogens is 1. The van der Waals surface area contributed by atoms with Gasteiger partial charge in [-0.1, -0.05) is 6.42 Å². The molecule has 0 bridgehead atoms. The van der Waals surface area contributed by atoms with Crippen molar-refractivity contribution in [1.29, 1.82) is 0 Å². The van der Waals surface area contributed by atoms with Gasteiger partial charge in [-0.3, -0.25) is 0 Å². The highest BCUT2D eigenvalue weighted by atomic mass is 19.2. The number of nitrogens with one attached hydrogen (secondary N) is 1. The molecule has 94 valence electrons. The van der Waals surface area contributed by atoms with Gasteiger partial charge in [-0.15, -0.1) is 0 Å². The van der Waals surface area contributed by atoms with Crippen LogP contribution in [0.4, 0.5) is 19.0 Å². The molecule has 2 atom stereocenters. The number of aliphatic hydroxyl groups excluding tert-OH is 1. The number of halogens is 3. The van der Waals surface area contributed by atoms with Crippen LogP contribution >= 0.6 is 0 Å². The number of nitrogens with zero attached hydrogens (tertiary/aromatic N) is 1. The molecular weight excluding hydrogens is 233 g/mol. The highest BCUT2D eigenvalue weighted by Crippen LogP contribution is 2.26. The third kappa shape index (κ3) is 2.69. The molecule has 6 heteroatoms. The lowest BCUT2D eigenvalue weighted by molar-refractivity contribution is 0.138. The Hall–Kier alpha value is -1.30. The van der Waals surface area contributed by atoms with Gasteiger partial charge in [0.05, 0.1) is 6.10 Å². The van der Waals surface area contributed by atoms with Crippen LogP contribution in [-0.4, -0.2) is 22.7 Å². The van der Waals surface area contributed by atoms with Crippen LogP contribution in [0.5, 0.6) is 0 Å². The molecule has 0 aromatic carbocycles. The van der Waals surface area contributed by atoms with E-state index in [4.69, 9.17) is 0 Å². The van der Waals surface area contributed by atoms with E-state index in [-0.39, 0.29) is 11.7 Å². The SMILES string of the molecule is OC1CCCC1CNc1nc(F)c(F)cc1F. The minimum absolute atomic E-state index is 0.00399. The van der Waals surface area contributed by atoms with Gasteiger partial charge >= 0.3 is 0 Å². The second-order valence-electron chi connectivity index (χ2n) is 4.23. The summed E-state index contributed by atoms with van der Waals surface area (Å²) >= 11 is 0. The quantitative estimate of drug-likeness (QED) is 0.802. The lowest BCUT2D eigenvalue weighted by Gasteiger charge is -2.15. The molecule has 1 aromatic rings. The van der Waals surface area contributed by atoms with Crippen LogP contribution in [0.25, 0.3) is 0 Å². The highest BCUT2D eigenvalue weighted by molar-refractivity contribution is 5.36. The molecule has 0 saturated heterocycles. The lowest BCUT2D eigenvalue weighted by Crippen LogP contribution is -2.23. The van der Waals surface area contributed by atoms with Crippen molar-refractivity contribution in [3.63, 3.8) is 0 Å². The van der Waals surface area contributed by atoms with E-state index in [0.717, 1.165) is 19.3 Å². The van der Waals surface area contributed by atoms with Crippen LogP contribution in [-0.2, 0) is 0 Å². The molecule has 1 aliphatic rings. The van der Waals surface area contributed by atoms with Crippen LogP contribution in [0.15, 0.2) is 6.07 Å². The number of rotatable bonds is 3. The molecule has 3 nitrogen and oxygen atoms in total. The third-order valence-corrected chi connectivity index (χ3v) is 3.04. The molecule has 2 rings (SSSR count). The van der Waals surface area contributed by atoms with Gasteiger partial charge in [0.1, 0.15) is 0 Å². The van der Waals surface area contributed by atoms with Crippen LogP contribution in [0.2, 0.25) is 0 Å². The summed E-state index contributed by atoms with van der Waals surface area (Å²) in [4.78, 5) is 3.15. The first-order valence-electron chi connectivity index (χ1n) is 5.51. The predicted molar refractivity (Wildman–Crippen MR) is 55.9 cm³/mol. The largest absolute Gasteiger partial charge is 0.393 e. The van der Waals surface area contributed by atoms with Crippen LogP contribution in [0.3, 0.4) is 0 Å². The first-order chi connectivity index (χ1) is 8.08. The monoisotopic (exact) mass is 246 g/mol. The minimum atomic E-state index is -1.33. The van der Waals surface area contributed by atoms with Gasteiger partial charge in [0, 0.05) is 18.5 Å². The third-order valence-electron chi connectivity index (χ3n) is 3.04. The molecular formula is C11H13F3N2O. The summed E-state index contributed by atoms with van der Waals surface area (Å²) in [6.45, 7) is 0.302. The molecule has 1 aliphatic carbocycles. The van der Waals surface area contributed by atoms with E-state index in [9.17, 15) is 18.3 Å². The fourth-order valence-corrected chi connectivity index (χ4v) is 2.05. The molecule has 1 saturated carbocycles. The van der Waals surface area contributed by atoms with Crippen molar-refractivity contribution in [2.45, 2.75) is 25.4 Å². The van der Waals surface area contributed by atoms with E-state index < -0.39 is 23.7 Å². The summed E-state index contributed by atoms with van der Waals surface area (Å²) in [6.07, 6.45) is 2.05. The van der Waals surface area contributed by atoms with E-state index in [1.165, 1.54) is 0 Å². The van der Waals surface area contributed by atoms with Crippen molar-refractivity contribution in [1.82, 2.24) is 4.98 Å². The minimum Gasteiger partial charge on any atom is -0.393 e. The Morgan fingerprint density at radius 1 is 1.29 bits per heavy atom. The zero-order valence-electron chi connectivity index (χ0n) is 9.09. The second kappa shape index (κ2) is 4.91. The van der Waals surface area contributed by atoms with E-state index in [1.54, 1.807) is 0 Å². The first kappa shape index (κ1) is 12.2. The summed E-state index contributed by atoms with van der Waals surface area (Å²) in [5.41, 5.74) is 0. The van der Waals surface area contributed by atoms with Crippen molar-refractivity contribution in [3.05, 3.63) is 23.6 Å². The van der Waals surface area contributed by atoms with E-state index in [2.05, 4.69) is 10.3 Å². The first-order valence-corrected chi connectivity index (χ1v) is 5.51. The van der Waals surface area contributed by atoms with Gasteiger partial charge < -0.3 is 10.4 Å². The topological polar surface area (TPSA) is 45.1 Å². The molecule has 1 heterocycles. The molecule has 0 radical (unpaired) electrons. The van der Waals surface area contributed by atoms with Gasteiger partial charge in [-0.2, -0.15) is 9.37 Å². The zero-order chi connectivity index (χ0) is 12.4. The van der Waals surface area contributed by atoms with E-state index in [0.29, 0.717) is 12.6 Å². The van der Waals surface area contributed by atoms with Gasteiger partial charge in [0.15, 0.2) is 17.5 Å². The number of hydrogen-bond donors (Lipinski definition) is 2. The summed E-state index contributed by atoms with van der Waals surface area (Å²) in [6, 6.07) is 0.454. The summed E-state index contributed by atoms with van der Waals surface area (Å²) < 4.78 is 38.6. The number of anilines is 1. The summed E-state index contributed by atoms with van der Waals surface area (Å²) in [5.74, 6) is -3.89. The number of aliphatic hydroxyl groups is 1. The Bertz CT molecular complexity index is 414. The Kier molecular flexibility index (Phi) is 3.51. The fourth-order valence-electron chi connectivity index (χ4n) is 2.05. The molecule has 0 aliphatic heterocycles. The maximum absolute atomic E-state index is 13.2. The van der Waals surface area contributed by atoms with Crippen molar-refractivity contribution >= 4 is 5.82 Å². The highest BCUT2D eigenvalue weighted by Gasteiger charge is 2.25. The predicted octanol–water partition coefficient (Wildman–Crippen LogP) is 2.07. The Labute approximate surface area is 96.7 Å². The molecule has 1 fully saturated rings. The lowest BCUT2D eigenvalue weighted by atomic mass is 10.1. The Morgan fingerprint density at radius 2 is 2.06 bits per heavy atom. The Balaban J connectivity index is 2.01. The molecule has 2 unspecified atom stereocenters. The van der Waals surface area contributed by atoms with Crippen LogP contribution < -0.4 is 5.32 Å². The second-order valence-corrected chi connectivity index (χ2v) is 4.23. The van der Waals surface area contributed by atoms with Crippen molar-refractivity contribution in [2.75, 3.05) is 11.9 Å². The molecule has 17 heavy (non-hydrogen) atoms. The average Bonchev–Trinajstić information content (AvgIpc) is 2.68.